The van der Waals surface area contributed by atoms with E-state index >= 15 is 0 Å². The van der Waals surface area contributed by atoms with Gasteiger partial charge in [0.15, 0.2) is 0 Å². The monoisotopic (exact) mass is 582 g/mol. The summed E-state index contributed by atoms with van der Waals surface area (Å²) in [6.45, 7) is 4.82. The van der Waals surface area contributed by atoms with Crippen LogP contribution in [0.15, 0.2) is 0 Å². The molecule has 242 valence electrons. The van der Waals surface area contributed by atoms with E-state index < -0.39 is 12.0 Å². The van der Waals surface area contributed by atoms with Crippen LogP contribution in [0.2, 0.25) is 0 Å². The molecule has 0 rings (SSSR count). The molecule has 0 spiro atoms. The normalized spacial score (nSPS) is 12.7. The van der Waals surface area contributed by atoms with Crippen LogP contribution >= 0.6 is 0 Å². The number of unbranched alkanes of at least 4 members (excludes halogenated alkanes) is 17. The highest BCUT2D eigenvalue weighted by molar-refractivity contribution is 5.83. The van der Waals surface area contributed by atoms with Crippen molar-refractivity contribution in [1.29, 1.82) is 0 Å². The summed E-state index contributed by atoms with van der Waals surface area (Å²) in [5.41, 5.74) is 5.45. The van der Waals surface area contributed by atoms with E-state index in [9.17, 15) is 19.5 Å². The Bertz CT molecular complexity index is 628. The van der Waals surface area contributed by atoms with Crippen molar-refractivity contribution in [2.24, 2.45) is 5.73 Å². The maximum absolute atomic E-state index is 12.4. The molecule has 0 heterocycles. The molecule has 7 heteroatoms. The third-order valence-corrected chi connectivity index (χ3v) is 7.92. The average Bonchev–Trinajstić information content (AvgIpc) is 2.95. The zero-order valence-electron chi connectivity index (χ0n) is 26.9. The lowest BCUT2D eigenvalue weighted by molar-refractivity contribution is -0.150. The first-order chi connectivity index (χ1) is 19.9. The van der Waals surface area contributed by atoms with E-state index in [4.69, 9.17) is 10.5 Å². The van der Waals surface area contributed by atoms with Crippen molar-refractivity contribution in [3.63, 3.8) is 0 Å². The number of carboxylic acids is 1. The zero-order valence-corrected chi connectivity index (χ0v) is 26.9. The fraction of sp³-hybridized carbons (Fsp3) is 0.912. The molecule has 0 bridgehead atoms. The molecule has 0 aliphatic rings. The van der Waals surface area contributed by atoms with Crippen LogP contribution in [0.3, 0.4) is 0 Å². The predicted molar refractivity (Wildman–Crippen MR) is 170 cm³/mol. The van der Waals surface area contributed by atoms with Crippen LogP contribution in [0.25, 0.3) is 0 Å². The molecule has 41 heavy (non-hydrogen) atoms. The van der Waals surface area contributed by atoms with E-state index in [2.05, 4.69) is 19.2 Å². The minimum Gasteiger partial charge on any atom is -0.480 e. The topological polar surface area (TPSA) is 119 Å². The number of hydrogen-bond acceptors (Lipinski definition) is 5. The SMILES string of the molecule is CCCCCCCCCCCCCCCCCC(=O)OC(CCCC)CCCCCC(=O)NC(CCCN)C(=O)O. The summed E-state index contributed by atoms with van der Waals surface area (Å²) in [6.07, 6.45) is 27.6. The Morgan fingerprint density at radius 2 is 1.07 bits per heavy atom. The molecular formula is C34H66N2O5. The molecule has 7 nitrogen and oxygen atoms in total. The van der Waals surface area contributed by atoms with Gasteiger partial charge >= 0.3 is 11.9 Å². The molecule has 1 amide bonds. The number of aliphatic carboxylic acids is 1. The number of carboxylic acid groups (broad SMARTS) is 1. The Kier molecular flexibility index (Phi) is 28.7. The third kappa shape index (κ3) is 27.0. The molecule has 0 saturated carbocycles. The number of carbonyl (C=O) groups excluding carboxylic acids is 2. The van der Waals surface area contributed by atoms with Gasteiger partial charge in [0.2, 0.25) is 5.91 Å². The highest BCUT2D eigenvalue weighted by Crippen LogP contribution is 2.17. The van der Waals surface area contributed by atoms with Gasteiger partial charge in [0, 0.05) is 12.8 Å². The van der Waals surface area contributed by atoms with Crippen LogP contribution in [0.4, 0.5) is 0 Å². The zero-order chi connectivity index (χ0) is 30.4. The van der Waals surface area contributed by atoms with Gasteiger partial charge in [0.25, 0.3) is 0 Å². The first kappa shape index (κ1) is 39.4. The maximum atomic E-state index is 12.4. The highest BCUT2D eigenvalue weighted by Gasteiger charge is 2.19. The van der Waals surface area contributed by atoms with Gasteiger partial charge in [-0.25, -0.2) is 4.79 Å². The molecule has 0 radical (unpaired) electrons. The van der Waals surface area contributed by atoms with Crippen LogP contribution in [0, 0.1) is 0 Å². The van der Waals surface area contributed by atoms with Crippen LogP contribution < -0.4 is 11.1 Å². The van der Waals surface area contributed by atoms with E-state index in [1.807, 2.05) is 0 Å². The summed E-state index contributed by atoms with van der Waals surface area (Å²) >= 11 is 0. The van der Waals surface area contributed by atoms with Crippen molar-refractivity contribution in [2.75, 3.05) is 6.54 Å². The van der Waals surface area contributed by atoms with Crippen LogP contribution in [0.5, 0.6) is 0 Å². The molecular weight excluding hydrogens is 516 g/mol. The maximum Gasteiger partial charge on any atom is 0.326 e. The number of ether oxygens (including phenoxy) is 1. The molecule has 0 aromatic carbocycles. The Hall–Kier alpha value is -1.63. The predicted octanol–water partition coefficient (Wildman–Crippen LogP) is 8.61. The minimum atomic E-state index is -1.02. The Morgan fingerprint density at radius 3 is 1.59 bits per heavy atom. The van der Waals surface area contributed by atoms with E-state index in [1.54, 1.807) is 0 Å². The van der Waals surface area contributed by atoms with Gasteiger partial charge in [0.05, 0.1) is 0 Å². The Labute approximate surface area is 252 Å². The number of esters is 1. The fourth-order valence-corrected chi connectivity index (χ4v) is 5.26. The van der Waals surface area contributed by atoms with Gasteiger partial charge in [-0.3, -0.25) is 9.59 Å². The molecule has 4 N–H and O–H groups in total. The molecule has 0 aliphatic heterocycles. The van der Waals surface area contributed by atoms with E-state index in [1.165, 1.54) is 83.5 Å². The van der Waals surface area contributed by atoms with Gasteiger partial charge in [-0.15, -0.1) is 0 Å². The van der Waals surface area contributed by atoms with Gasteiger partial charge < -0.3 is 20.9 Å². The number of rotatable bonds is 31. The van der Waals surface area contributed by atoms with E-state index in [-0.39, 0.29) is 18.0 Å². The lowest BCUT2D eigenvalue weighted by Crippen LogP contribution is -2.40. The van der Waals surface area contributed by atoms with Gasteiger partial charge in [-0.2, -0.15) is 0 Å². The molecule has 0 aromatic rings. The second kappa shape index (κ2) is 29.8. The minimum absolute atomic E-state index is 0.0414. The van der Waals surface area contributed by atoms with Gasteiger partial charge in [-0.1, -0.05) is 123 Å². The fourth-order valence-electron chi connectivity index (χ4n) is 5.26. The van der Waals surface area contributed by atoms with Crippen molar-refractivity contribution in [1.82, 2.24) is 5.32 Å². The van der Waals surface area contributed by atoms with Crippen LogP contribution in [-0.2, 0) is 19.1 Å². The van der Waals surface area contributed by atoms with Crippen molar-refractivity contribution in [3.05, 3.63) is 0 Å². The van der Waals surface area contributed by atoms with Crippen LogP contribution in [-0.4, -0.2) is 41.6 Å². The first-order valence-corrected chi connectivity index (χ1v) is 17.4. The lowest BCUT2D eigenvalue weighted by atomic mass is 10.0. The van der Waals surface area contributed by atoms with Crippen molar-refractivity contribution in [2.45, 2.75) is 193 Å². The number of carbonyl (C=O) groups is 3. The summed E-state index contributed by atoms with van der Waals surface area (Å²) in [7, 11) is 0. The first-order valence-electron chi connectivity index (χ1n) is 17.4. The van der Waals surface area contributed by atoms with Crippen LogP contribution in [0.1, 0.15) is 181 Å². The second-order valence-electron chi connectivity index (χ2n) is 11.9. The summed E-state index contributed by atoms with van der Waals surface area (Å²) < 4.78 is 5.82. The molecule has 2 unspecified atom stereocenters. The van der Waals surface area contributed by atoms with E-state index in [0.29, 0.717) is 38.6 Å². The molecule has 2 atom stereocenters. The molecule has 0 aliphatic carbocycles. The smallest absolute Gasteiger partial charge is 0.326 e. The molecule has 0 aromatic heterocycles. The van der Waals surface area contributed by atoms with Gasteiger partial charge in [-0.05, 0) is 51.5 Å². The molecule has 0 saturated heterocycles. The summed E-state index contributed by atoms with van der Waals surface area (Å²) in [5.74, 6) is -1.32. The van der Waals surface area contributed by atoms with Gasteiger partial charge in [0.1, 0.15) is 12.1 Å². The number of hydrogen-bond donors (Lipinski definition) is 3. The summed E-state index contributed by atoms with van der Waals surface area (Å²) in [5, 5.41) is 11.8. The largest absolute Gasteiger partial charge is 0.480 e. The number of nitrogens with two attached hydrogens (primary N) is 1. The lowest BCUT2D eigenvalue weighted by Gasteiger charge is -2.18. The summed E-state index contributed by atoms with van der Waals surface area (Å²) in [6, 6.07) is -0.867. The summed E-state index contributed by atoms with van der Waals surface area (Å²) in [4.78, 5) is 35.8. The Morgan fingerprint density at radius 1 is 0.610 bits per heavy atom. The highest BCUT2D eigenvalue weighted by atomic mass is 16.5. The van der Waals surface area contributed by atoms with E-state index in [0.717, 1.165) is 51.4 Å². The number of amides is 1. The number of nitrogens with one attached hydrogen (secondary N) is 1. The quantitative estimate of drug-likeness (QED) is 0.0556. The second-order valence-corrected chi connectivity index (χ2v) is 11.9. The third-order valence-electron chi connectivity index (χ3n) is 7.92. The average molecular weight is 583 g/mol. The van der Waals surface area contributed by atoms with Crippen molar-refractivity contribution in [3.8, 4) is 0 Å². The Balaban J connectivity index is 3.87. The standard InChI is InChI=1S/C34H66N2O5/c1-3-5-7-8-9-10-11-12-13-14-15-16-17-18-22-28-33(38)41-30(24-6-4-2)25-20-19-21-27-32(37)36-31(34(39)40)26-23-29-35/h30-31H,3-29,35H2,1-2H3,(H,36,37)(H,39,40). The molecule has 0 fully saturated rings. The van der Waals surface area contributed by atoms with Crippen molar-refractivity contribution >= 4 is 17.8 Å². The van der Waals surface area contributed by atoms with Crippen molar-refractivity contribution < 1.29 is 24.2 Å².